The van der Waals surface area contributed by atoms with Crippen LogP contribution in [0, 0.1) is 5.92 Å². The van der Waals surface area contributed by atoms with Gasteiger partial charge in [0.25, 0.3) is 0 Å². The average Bonchev–Trinajstić information content (AvgIpc) is 2.14. The van der Waals surface area contributed by atoms with Gasteiger partial charge in [-0.05, 0) is 39.0 Å². The molecule has 0 aromatic rings. The van der Waals surface area contributed by atoms with E-state index in [-0.39, 0.29) is 11.4 Å². The molecule has 0 aromatic carbocycles. The summed E-state index contributed by atoms with van der Waals surface area (Å²) < 4.78 is 0. The highest BCUT2D eigenvalue weighted by molar-refractivity contribution is 5.76. The number of nitrogens with zero attached hydrogens (tertiary/aromatic N) is 1. The second-order valence-electron chi connectivity index (χ2n) is 5.55. The molecule has 1 saturated heterocycles. The van der Waals surface area contributed by atoms with E-state index in [1.54, 1.807) is 0 Å². The maximum absolute atomic E-state index is 11.8. The van der Waals surface area contributed by atoms with Crippen molar-refractivity contribution in [3.63, 3.8) is 0 Å². The van der Waals surface area contributed by atoms with Crippen molar-refractivity contribution in [2.24, 2.45) is 11.7 Å². The van der Waals surface area contributed by atoms with Crippen LogP contribution in [0.3, 0.4) is 0 Å². The van der Waals surface area contributed by atoms with Crippen molar-refractivity contribution in [1.82, 2.24) is 4.90 Å². The Hall–Kier alpha value is -0.570. The van der Waals surface area contributed by atoms with Crippen LogP contribution < -0.4 is 5.73 Å². The Morgan fingerprint density at radius 1 is 1.40 bits per heavy atom. The van der Waals surface area contributed by atoms with Gasteiger partial charge in [0, 0.05) is 25.0 Å². The molecule has 1 amide bonds. The molecule has 3 nitrogen and oxygen atoms in total. The Balaban J connectivity index is 2.29. The van der Waals surface area contributed by atoms with Crippen molar-refractivity contribution in [1.29, 1.82) is 0 Å². The maximum atomic E-state index is 11.8. The monoisotopic (exact) mass is 212 g/mol. The van der Waals surface area contributed by atoms with Crippen molar-refractivity contribution >= 4 is 5.91 Å². The number of hydrogen-bond donors (Lipinski definition) is 1. The molecule has 1 rings (SSSR count). The third-order valence-corrected chi connectivity index (χ3v) is 3.12. The zero-order valence-corrected chi connectivity index (χ0v) is 10.3. The molecule has 0 saturated carbocycles. The highest BCUT2D eigenvalue weighted by Gasteiger charge is 2.21. The van der Waals surface area contributed by atoms with Crippen LogP contribution in [0.2, 0.25) is 0 Å². The summed E-state index contributed by atoms with van der Waals surface area (Å²) in [6.07, 6.45) is 3.67. The largest absolute Gasteiger partial charge is 0.343 e. The number of hydrogen-bond acceptors (Lipinski definition) is 2. The third-order valence-electron chi connectivity index (χ3n) is 3.12. The van der Waals surface area contributed by atoms with Crippen molar-refractivity contribution in [3.05, 3.63) is 0 Å². The summed E-state index contributed by atoms with van der Waals surface area (Å²) in [5.74, 6) is 1.06. The van der Waals surface area contributed by atoms with Gasteiger partial charge in [-0.2, -0.15) is 0 Å². The van der Waals surface area contributed by atoms with Gasteiger partial charge in [0.15, 0.2) is 0 Å². The minimum Gasteiger partial charge on any atom is -0.343 e. The van der Waals surface area contributed by atoms with E-state index < -0.39 is 0 Å². The first-order valence-electron chi connectivity index (χ1n) is 5.95. The lowest BCUT2D eigenvalue weighted by molar-refractivity contribution is -0.132. The molecule has 2 N–H and O–H groups in total. The van der Waals surface area contributed by atoms with Gasteiger partial charge in [-0.25, -0.2) is 0 Å². The number of carbonyl (C=O) groups excluding carboxylic acids is 1. The molecule has 0 aliphatic carbocycles. The summed E-state index contributed by atoms with van der Waals surface area (Å²) in [6, 6.07) is 0. The zero-order chi connectivity index (χ0) is 11.5. The third kappa shape index (κ3) is 4.65. The van der Waals surface area contributed by atoms with Crippen LogP contribution in [0.4, 0.5) is 0 Å². The van der Waals surface area contributed by atoms with Crippen molar-refractivity contribution in [3.8, 4) is 0 Å². The average molecular weight is 212 g/mol. The summed E-state index contributed by atoms with van der Waals surface area (Å²) in [6.45, 7) is 8.07. The quantitative estimate of drug-likeness (QED) is 0.775. The zero-order valence-electron chi connectivity index (χ0n) is 10.3. The summed E-state index contributed by atoms with van der Waals surface area (Å²) >= 11 is 0. The molecule has 0 unspecified atom stereocenters. The van der Waals surface area contributed by atoms with Gasteiger partial charge >= 0.3 is 0 Å². The van der Waals surface area contributed by atoms with Gasteiger partial charge in [-0.3, -0.25) is 4.79 Å². The van der Waals surface area contributed by atoms with E-state index in [0.29, 0.717) is 6.42 Å². The molecule has 1 aliphatic heterocycles. The lowest BCUT2D eigenvalue weighted by Gasteiger charge is -2.31. The Kier molecular flexibility index (Phi) is 4.14. The van der Waals surface area contributed by atoms with Gasteiger partial charge in [-0.15, -0.1) is 0 Å². The molecule has 0 radical (unpaired) electrons. The van der Waals surface area contributed by atoms with Crippen LogP contribution in [-0.4, -0.2) is 29.4 Å². The fourth-order valence-corrected chi connectivity index (χ4v) is 1.85. The molecule has 0 bridgehead atoms. The Bertz CT molecular complexity index is 212. The van der Waals surface area contributed by atoms with Crippen molar-refractivity contribution in [2.45, 2.75) is 52.0 Å². The van der Waals surface area contributed by atoms with E-state index in [1.807, 2.05) is 18.7 Å². The molecule has 15 heavy (non-hydrogen) atoms. The Labute approximate surface area is 93.0 Å². The molecular weight excluding hydrogens is 188 g/mol. The lowest BCUT2D eigenvalue weighted by Crippen LogP contribution is -2.40. The summed E-state index contributed by atoms with van der Waals surface area (Å²) in [5.41, 5.74) is 5.64. The Morgan fingerprint density at radius 2 is 1.93 bits per heavy atom. The van der Waals surface area contributed by atoms with Gasteiger partial charge in [0.1, 0.15) is 0 Å². The molecular formula is C12H24N2O. The normalized spacial score (nSPS) is 19.3. The minimum atomic E-state index is -0.223. The van der Waals surface area contributed by atoms with Crippen LogP contribution in [0.5, 0.6) is 0 Å². The molecule has 0 aromatic heterocycles. The van der Waals surface area contributed by atoms with Gasteiger partial charge in [-0.1, -0.05) is 6.92 Å². The fraction of sp³-hybridized carbons (Fsp3) is 0.917. The summed E-state index contributed by atoms with van der Waals surface area (Å²) in [5, 5.41) is 0. The molecule has 1 heterocycles. The maximum Gasteiger partial charge on any atom is 0.222 e. The highest BCUT2D eigenvalue weighted by Crippen LogP contribution is 2.18. The van der Waals surface area contributed by atoms with E-state index in [1.165, 1.54) is 0 Å². The number of piperidine rings is 1. The van der Waals surface area contributed by atoms with Crippen LogP contribution in [0.15, 0.2) is 0 Å². The number of rotatable bonds is 3. The summed E-state index contributed by atoms with van der Waals surface area (Å²) in [4.78, 5) is 13.8. The SMILES string of the molecule is CC1CCN(C(=O)CCC(C)(C)N)CC1. The summed E-state index contributed by atoms with van der Waals surface area (Å²) in [7, 11) is 0. The smallest absolute Gasteiger partial charge is 0.222 e. The second kappa shape index (κ2) is 4.97. The topological polar surface area (TPSA) is 46.3 Å². The van der Waals surface area contributed by atoms with Crippen molar-refractivity contribution < 1.29 is 4.79 Å². The molecule has 3 heteroatoms. The number of carbonyl (C=O) groups is 1. The van der Waals surface area contributed by atoms with Crippen molar-refractivity contribution in [2.75, 3.05) is 13.1 Å². The molecule has 0 atom stereocenters. The van der Waals surface area contributed by atoms with Gasteiger partial charge < -0.3 is 10.6 Å². The number of amides is 1. The highest BCUT2D eigenvalue weighted by atomic mass is 16.2. The predicted molar refractivity (Wildman–Crippen MR) is 62.5 cm³/mol. The molecule has 1 fully saturated rings. The van der Waals surface area contributed by atoms with Gasteiger partial charge in [0.05, 0.1) is 0 Å². The van der Waals surface area contributed by atoms with Crippen LogP contribution in [-0.2, 0) is 4.79 Å². The fourth-order valence-electron chi connectivity index (χ4n) is 1.85. The number of likely N-dealkylation sites (tertiary alicyclic amines) is 1. The minimum absolute atomic E-state index is 0.223. The Morgan fingerprint density at radius 3 is 2.40 bits per heavy atom. The van der Waals surface area contributed by atoms with E-state index in [2.05, 4.69) is 6.92 Å². The molecule has 0 spiro atoms. The first-order chi connectivity index (χ1) is 6.88. The second-order valence-corrected chi connectivity index (χ2v) is 5.55. The van der Waals surface area contributed by atoms with Gasteiger partial charge in [0.2, 0.25) is 5.91 Å². The molecule has 1 aliphatic rings. The first kappa shape index (κ1) is 12.5. The van der Waals surface area contributed by atoms with E-state index in [4.69, 9.17) is 5.73 Å². The van der Waals surface area contributed by atoms with Crippen LogP contribution in [0.25, 0.3) is 0 Å². The van der Waals surface area contributed by atoms with Crippen LogP contribution in [0.1, 0.15) is 46.5 Å². The predicted octanol–water partition coefficient (Wildman–Crippen LogP) is 1.76. The van der Waals surface area contributed by atoms with Crippen LogP contribution >= 0.6 is 0 Å². The van der Waals surface area contributed by atoms with E-state index >= 15 is 0 Å². The number of nitrogens with two attached hydrogens (primary N) is 1. The lowest BCUT2D eigenvalue weighted by atomic mass is 9.97. The standard InChI is InChI=1S/C12H24N2O/c1-10-5-8-14(9-6-10)11(15)4-7-12(2,3)13/h10H,4-9,13H2,1-3H3. The van der Waals surface area contributed by atoms with E-state index in [0.717, 1.165) is 38.3 Å². The van der Waals surface area contributed by atoms with E-state index in [9.17, 15) is 4.79 Å². The molecule has 88 valence electrons. The first-order valence-corrected chi connectivity index (χ1v) is 5.95.